The maximum atomic E-state index is 11.3. The van der Waals surface area contributed by atoms with Gasteiger partial charge in [0.25, 0.3) is 0 Å². The highest BCUT2D eigenvalue weighted by atomic mass is 32.2. The van der Waals surface area contributed by atoms with Crippen molar-refractivity contribution in [1.82, 2.24) is 4.90 Å². The van der Waals surface area contributed by atoms with E-state index in [1.165, 1.54) is 0 Å². The zero-order chi connectivity index (χ0) is 11.9. The Labute approximate surface area is 97.7 Å². The standard InChI is InChI=1S/C9H20N2O2S2/c1-3-5-11(8-9(10)14)6-7-15(12,13)4-2/h3-8H2,1-2H3,(H2,10,14). The number of hydrogen-bond donors (Lipinski definition) is 1. The molecule has 6 heteroatoms. The molecule has 0 amide bonds. The van der Waals surface area contributed by atoms with Crippen molar-refractivity contribution in [3.05, 3.63) is 0 Å². The molecule has 90 valence electrons. The van der Waals surface area contributed by atoms with Crippen LogP contribution in [0.5, 0.6) is 0 Å². The van der Waals surface area contributed by atoms with Crippen LogP contribution in [0.4, 0.5) is 0 Å². The van der Waals surface area contributed by atoms with Gasteiger partial charge >= 0.3 is 0 Å². The lowest BCUT2D eigenvalue weighted by atomic mass is 10.4. The monoisotopic (exact) mass is 252 g/mol. The van der Waals surface area contributed by atoms with Gasteiger partial charge in [-0.2, -0.15) is 0 Å². The molecule has 0 spiro atoms. The minimum absolute atomic E-state index is 0.187. The van der Waals surface area contributed by atoms with Crippen LogP contribution in [0.2, 0.25) is 0 Å². The van der Waals surface area contributed by atoms with E-state index in [1.54, 1.807) is 6.92 Å². The Morgan fingerprint density at radius 2 is 1.93 bits per heavy atom. The second kappa shape index (κ2) is 7.14. The second-order valence-electron chi connectivity index (χ2n) is 3.48. The van der Waals surface area contributed by atoms with Crippen molar-refractivity contribution < 1.29 is 8.42 Å². The third-order valence-corrected chi connectivity index (χ3v) is 3.89. The summed E-state index contributed by atoms with van der Waals surface area (Å²) in [4.78, 5) is 2.40. The lowest BCUT2D eigenvalue weighted by Crippen LogP contribution is -2.36. The third-order valence-electron chi connectivity index (χ3n) is 2.08. The normalized spacial score (nSPS) is 11.9. The van der Waals surface area contributed by atoms with Crippen molar-refractivity contribution in [3.8, 4) is 0 Å². The van der Waals surface area contributed by atoms with Crippen LogP contribution in [0.25, 0.3) is 0 Å². The van der Waals surface area contributed by atoms with Crippen LogP contribution in [0, 0.1) is 0 Å². The molecule has 0 atom stereocenters. The fourth-order valence-corrected chi connectivity index (χ4v) is 2.23. The van der Waals surface area contributed by atoms with Crippen LogP contribution in [-0.4, -0.2) is 49.4 Å². The summed E-state index contributed by atoms with van der Waals surface area (Å²) in [5, 5.41) is 0. The smallest absolute Gasteiger partial charge is 0.151 e. The number of rotatable bonds is 8. The molecule has 15 heavy (non-hydrogen) atoms. The van der Waals surface area contributed by atoms with E-state index in [0.717, 1.165) is 13.0 Å². The maximum Gasteiger partial charge on any atom is 0.151 e. The van der Waals surface area contributed by atoms with E-state index in [4.69, 9.17) is 18.0 Å². The van der Waals surface area contributed by atoms with Gasteiger partial charge in [0.15, 0.2) is 9.84 Å². The van der Waals surface area contributed by atoms with Gasteiger partial charge < -0.3 is 5.73 Å². The molecule has 0 saturated heterocycles. The number of sulfone groups is 1. The Balaban J connectivity index is 4.12. The molecule has 2 N–H and O–H groups in total. The van der Waals surface area contributed by atoms with Gasteiger partial charge in [-0.05, 0) is 13.0 Å². The second-order valence-corrected chi connectivity index (χ2v) is 6.48. The minimum atomic E-state index is -2.89. The summed E-state index contributed by atoms with van der Waals surface area (Å²) in [6, 6.07) is 0. The van der Waals surface area contributed by atoms with Gasteiger partial charge in [0, 0.05) is 18.8 Å². The molecule has 0 bridgehead atoms. The van der Waals surface area contributed by atoms with E-state index in [2.05, 4.69) is 0 Å². The van der Waals surface area contributed by atoms with E-state index in [-0.39, 0.29) is 11.5 Å². The Morgan fingerprint density at radius 3 is 2.33 bits per heavy atom. The van der Waals surface area contributed by atoms with Gasteiger partial charge in [-0.3, -0.25) is 4.90 Å². The van der Waals surface area contributed by atoms with Crippen LogP contribution < -0.4 is 5.73 Å². The average molecular weight is 252 g/mol. The van der Waals surface area contributed by atoms with Crippen LogP contribution in [-0.2, 0) is 9.84 Å². The summed E-state index contributed by atoms with van der Waals surface area (Å²) < 4.78 is 22.6. The quantitative estimate of drug-likeness (QED) is 0.634. The van der Waals surface area contributed by atoms with Gasteiger partial charge in [0.1, 0.15) is 0 Å². The zero-order valence-electron chi connectivity index (χ0n) is 9.40. The van der Waals surface area contributed by atoms with Crippen molar-refractivity contribution >= 4 is 27.0 Å². The van der Waals surface area contributed by atoms with Crippen molar-refractivity contribution in [2.24, 2.45) is 5.73 Å². The molecule has 4 nitrogen and oxygen atoms in total. The van der Waals surface area contributed by atoms with Crippen LogP contribution in [0.1, 0.15) is 20.3 Å². The van der Waals surface area contributed by atoms with Crippen molar-refractivity contribution in [1.29, 1.82) is 0 Å². The lowest BCUT2D eigenvalue weighted by Gasteiger charge is -2.20. The fraction of sp³-hybridized carbons (Fsp3) is 0.889. The SMILES string of the molecule is CCCN(CCS(=O)(=O)CC)CC(N)=S. The highest BCUT2D eigenvalue weighted by Crippen LogP contribution is 1.96. The number of hydrogen-bond acceptors (Lipinski definition) is 4. The van der Waals surface area contributed by atoms with Crippen LogP contribution in [0.3, 0.4) is 0 Å². The molecule has 0 radical (unpaired) electrons. The lowest BCUT2D eigenvalue weighted by molar-refractivity contribution is 0.330. The van der Waals surface area contributed by atoms with Crippen molar-refractivity contribution in [3.63, 3.8) is 0 Å². The minimum Gasteiger partial charge on any atom is -0.392 e. The molecule has 0 aliphatic rings. The van der Waals surface area contributed by atoms with E-state index in [9.17, 15) is 8.42 Å². The molecule has 0 fully saturated rings. The molecule has 0 aromatic rings. The van der Waals surface area contributed by atoms with Gasteiger partial charge in [0.05, 0.1) is 10.7 Å². The Kier molecular flexibility index (Phi) is 7.04. The molecule has 0 heterocycles. The molecule has 0 aliphatic carbocycles. The zero-order valence-corrected chi connectivity index (χ0v) is 11.0. The fourth-order valence-electron chi connectivity index (χ4n) is 1.22. The third kappa shape index (κ3) is 7.70. The van der Waals surface area contributed by atoms with E-state index in [1.807, 2.05) is 11.8 Å². The van der Waals surface area contributed by atoms with Gasteiger partial charge in [-0.1, -0.05) is 26.1 Å². The molecule has 0 saturated carbocycles. The summed E-state index contributed by atoms with van der Waals surface area (Å²) in [5.41, 5.74) is 5.44. The summed E-state index contributed by atoms with van der Waals surface area (Å²) in [6.45, 7) is 5.55. The molecule has 0 aliphatic heterocycles. The van der Waals surface area contributed by atoms with E-state index < -0.39 is 9.84 Å². The molecular weight excluding hydrogens is 232 g/mol. The molecule has 0 aromatic heterocycles. The first-order valence-corrected chi connectivity index (χ1v) is 7.35. The summed E-state index contributed by atoms with van der Waals surface area (Å²) >= 11 is 4.81. The Hall–Kier alpha value is -0.200. The van der Waals surface area contributed by atoms with Gasteiger partial charge in [-0.15, -0.1) is 0 Å². The molecule has 0 aromatic carbocycles. The van der Waals surface area contributed by atoms with Crippen LogP contribution >= 0.6 is 12.2 Å². The maximum absolute atomic E-state index is 11.3. The predicted octanol–water partition coefficient (Wildman–Crippen LogP) is 0.419. The number of nitrogens with zero attached hydrogens (tertiary/aromatic N) is 1. The summed E-state index contributed by atoms with van der Waals surface area (Å²) in [7, 11) is -2.89. The molecule has 0 rings (SSSR count). The predicted molar refractivity (Wildman–Crippen MR) is 67.8 cm³/mol. The summed E-state index contributed by atoms with van der Waals surface area (Å²) in [6.07, 6.45) is 0.967. The first-order chi connectivity index (χ1) is 6.91. The molecular formula is C9H20N2O2S2. The summed E-state index contributed by atoms with van der Waals surface area (Å²) in [5.74, 6) is 0.381. The molecule has 0 unspecified atom stereocenters. The highest BCUT2D eigenvalue weighted by Gasteiger charge is 2.11. The first-order valence-electron chi connectivity index (χ1n) is 5.12. The number of nitrogens with two attached hydrogens (primary N) is 1. The highest BCUT2D eigenvalue weighted by molar-refractivity contribution is 7.91. The largest absolute Gasteiger partial charge is 0.392 e. The average Bonchev–Trinajstić information content (AvgIpc) is 2.14. The Morgan fingerprint density at radius 1 is 1.33 bits per heavy atom. The van der Waals surface area contributed by atoms with E-state index >= 15 is 0 Å². The van der Waals surface area contributed by atoms with E-state index in [0.29, 0.717) is 18.1 Å². The first kappa shape index (κ1) is 14.8. The number of thiocarbonyl (C=S) groups is 1. The van der Waals surface area contributed by atoms with Gasteiger partial charge in [-0.25, -0.2) is 8.42 Å². The Bertz CT molecular complexity index is 288. The van der Waals surface area contributed by atoms with Crippen molar-refractivity contribution in [2.45, 2.75) is 20.3 Å². The van der Waals surface area contributed by atoms with Crippen LogP contribution in [0.15, 0.2) is 0 Å². The van der Waals surface area contributed by atoms with Gasteiger partial charge in [0.2, 0.25) is 0 Å². The van der Waals surface area contributed by atoms with Crippen molar-refractivity contribution in [2.75, 3.05) is 31.1 Å². The topological polar surface area (TPSA) is 63.4 Å².